The Kier molecular flexibility index (Phi) is 6.88. The highest BCUT2D eigenvalue weighted by atomic mass is 16.6. The highest BCUT2D eigenvalue weighted by molar-refractivity contribution is 6.02. The fraction of sp³-hybridized carbons (Fsp3) is 0.414. The van der Waals surface area contributed by atoms with Gasteiger partial charge in [0.15, 0.2) is 0 Å². The van der Waals surface area contributed by atoms with Crippen LogP contribution in [0.5, 0.6) is 0 Å². The molecule has 0 spiro atoms. The van der Waals surface area contributed by atoms with Gasteiger partial charge < -0.3 is 24.7 Å². The van der Waals surface area contributed by atoms with Gasteiger partial charge in [-0.1, -0.05) is 30.3 Å². The molecule has 9 nitrogen and oxygen atoms in total. The van der Waals surface area contributed by atoms with E-state index in [4.69, 9.17) is 9.47 Å². The van der Waals surface area contributed by atoms with Gasteiger partial charge in [-0.2, -0.15) is 0 Å². The van der Waals surface area contributed by atoms with Crippen molar-refractivity contribution in [1.82, 2.24) is 14.8 Å². The summed E-state index contributed by atoms with van der Waals surface area (Å²) in [6.07, 6.45) is 0.243. The van der Waals surface area contributed by atoms with Crippen molar-refractivity contribution in [2.45, 2.75) is 50.9 Å². The molecule has 3 aromatic rings. The van der Waals surface area contributed by atoms with Gasteiger partial charge in [-0.25, -0.2) is 4.79 Å². The number of rotatable bonds is 5. The summed E-state index contributed by atoms with van der Waals surface area (Å²) in [7, 11) is 1.64. The molecule has 1 aromatic heterocycles. The fourth-order valence-corrected chi connectivity index (χ4v) is 5.16. The lowest BCUT2D eigenvalue weighted by Crippen LogP contribution is -2.54. The zero-order valence-electron chi connectivity index (χ0n) is 22.2. The number of fused-ring (bicyclic) bond motifs is 1. The number of likely N-dealkylation sites (tertiary alicyclic amines) is 2. The van der Waals surface area contributed by atoms with E-state index in [1.165, 1.54) is 4.90 Å². The minimum Gasteiger partial charge on any atom is -0.444 e. The van der Waals surface area contributed by atoms with Gasteiger partial charge >= 0.3 is 6.09 Å². The van der Waals surface area contributed by atoms with Crippen LogP contribution in [0.2, 0.25) is 0 Å². The minimum absolute atomic E-state index is 0.0789. The van der Waals surface area contributed by atoms with E-state index < -0.39 is 17.7 Å². The molecule has 2 atom stereocenters. The van der Waals surface area contributed by atoms with Gasteiger partial charge in [0.25, 0.3) is 5.91 Å². The third kappa shape index (κ3) is 5.24. The van der Waals surface area contributed by atoms with Crippen molar-refractivity contribution in [1.29, 1.82) is 0 Å². The van der Waals surface area contributed by atoms with Crippen LogP contribution in [0.25, 0.3) is 10.9 Å². The van der Waals surface area contributed by atoms with E-state index in [9.17, 15) is 14.4 Å². The van der Waals surface area contributed by atoms with Gasteiger partial charge in [0.1, 0.15) is 17.3 Å². The summed E-state index contributed by atoms with van der Waals surface area (Å²) in [6.45, 7) is 7.01. The van der Waals surface area contributed by atoms with Crippen molar-refractivity contribution in [3.05, 3.63) is 65.9 Å². The van der Waals surface area contributed by atoms with Gasteiger partial charge in [0.05, 0.1) is 6.10 Å². The molecule has 5 rings (SSSR count). The number of aromatic nitrogens is 1. The van der Waals surface area contributed by atoms with Crippen molar-refractivity contribution in [3.63, 3.8) is 0 Å². The number of carbonyl (C=O) groups is 3. The largest absolute Gasteiger partial charge is 0.444 e. The normalized spacial score (nSPS) is 19.9. The van der Waals surface area contributed by atoms with Crippen LogP contribution in [0.3, 0.4) is 0 Å². The number of ether oxygens (including phenoxy) is 2. The predicted molar refractivity (Wildman–Crippen MR) is 144 cm³/mol. The van der Waals surface area contributed by atoms with Crippen LogP contribution >= 0.6 is 0 Å². The summed E-state index contributed by atoms with van der Waals surface area (Å²) in [5.41, 5.74) is 2.22. The molecule has 2 N–H and O–H groups in total. The lowest BCUT2D eigenvalue weighted by Gasteiger charge is -2.37. The van der Waals surface area contributed by atoms with Crippen LogP contribution in [0.1, 0.15) is 49.2 Å². The van der Waals surface area contributed by atoms with Crippen LogP contribution < -0.4 is 5.32 Å². The maximum atomic E-state index is 13.7. The van der Waals surface area contributed by atoms with Crippen molar-refractivity contribution < 1.29 is 23.9 Å². The topological polar surface area (TPSA) is 104 Å². The second kappa shape index (κ2) is 10.1. The standard InChI is InChI=1S/C29H34N4O5/c1-29(2,3)38-28(36)33-13-12-22(18-8-6-5-7-9-18)25(33)26(34)30-20-10-11-23-19(14-20)15-24(31-23)27(35)32-16-21(17-32)37-4/h5-11,14-15,21-22,25,31H,12-13,16-17H2,1-4H3,(H,30,34)/t22-,25+/m0/s1. The zero-order valence-corrected chi connectivity index (χ0v) is 22.2. The van der Waals surface area contributed by atoms with Gasteiger partial charge in [0, 0.05) is 49.3 Å². The molecule has 3 heterocycles. The Bertz CT molecular complexity index is 1340. The number of hydrogen-bond acceptors (Lipinski definition) is 5. The highest BCUT2D eigenvalue weighted by Gasteiger charge is 2.44. The van der Waals surface area contributed by atoms with E-state index in [-0.39, 0.29) is 23.8 Å². The molecule has 200 valence electrons. The predicted octanol–water partition coefficient (Wildman–Crippen LogP) is 4.37. The number of anilines is 1. The Balaban J connectivity index is 1.36. The number of carbonyl (C=O) groups excluding carboxylic acids is 3. The van der Waals surface area contributed by atoms with Crippen LogP contribution in [0, 0.1) is 0 Å². The number of nitrogens with zero attached hydrogens (tertiary/aromatic N) is 2. The van der Waals surface area contributed by atoms with E-state index in [1.807, 2.05) is 63.2 Å². The number of aromatic amines is 1. The molecule has 2 fully saturated rings. The zero-order chi connectivity index (χ0) is 27.0. The molecular weight excluding hydrogens is 484 g/mol. The Hall–Kier alpha value is -3.85. The molecule has 0 saturated carbocycles. The summed E-state index contributed by atoms with van der Waals surface area (Å²) in [6, 6.07) is 16.3. The summed E-state index contributed by atoms with van der Waals surface area (Å²) in [4.78, 5) is 45.9. The van der Waals surface area contributed by atoms with Crippen molar-refractivity contribution >= 4 is 34.5 Å². The van der Waals surface area contributed by atoms with Crippen molar-refractivity contribution in [2.24, 2.45) is 0 Å². The van der Waals surface area contributed by atoms with E-state index in [0.717, 1.165) is 16.5 Å². The first-order valence-electron chi connectivity index (χ1n) is 12.9. The molecular formula is C29H34N4O5. The number of benzene rings is 2. The second-order valence-corrected chi connectivity index (χ2v) is 11.0. The first kappa shape index (κ1) is 25.8. The van der Waals surface area contributed by atoms with Gasteiger partial charge in [-0.15, -0.1) is 0 Å². The molecule has 0 aliphatic carbocycles. The summed E-state index contributed by atoms with van der Waals surface area (Å²) in [5, 5.41) is 3.82. The molecule has 0 radical (unpaired) electrons. The van der Waals surface area contributed by atoms with Gasteiger partial charge in [0.2, 0.25) is 5.91 Å². The lowest BCUT2D eigenvalue weighted by molar-refractivity contribution is -0.120. The van der Waals surface area contributed by atoms with Crippen LogP contribution in [0.4, 0.5) is 10.5 Å². The van der Waals surface area contributed by atoms with Gasteiger partial charge in [-0.3, -0.25) is 14.5 Å². The van der Waals surface area contributed by atoms with E-state index in [0.29, 0.717) is 37.4 Å². The fourth-order valence-electron chi connectivity index (χ4n) is 5.16. The van der Waals surface area contributed by atoms with E-state index in [2.05, 4.69) is 10.3 Å². The molecule has 2 saturated heterocycles. The first-order valence-corrected chi connectivity index (χ1v) is 12.9. The maximum absolute atomic E-state index is 13.7. The number of H-pyrrole nitrogens is 1. The average Bonchev–Trinajstić information content (AvgIpc) is 3.47. The molecule has 9 heteroatoms. The van der Waals surface area contributed by atoms with Crippen LogP contribution in [-0.4, -0.2) is 77.2 Å². The van der Waals surface area contributed by atoms with Crippen molar-refractivity contribution in [2.75, 3.05) is 32.1 Å². The molecule has 3 amide bonds. The number of nitrogens with one attached hydrogen (secondary N) is 2. The Morgan fingerprint density at radius 1 is 1.03 bits per heavy atom. The van der Waals surface area contributed by atoms with Crippen LogP contribution in [-0.2, 0) is 14.3 Å². The number of amides is 3. The van der Waals surface area contributed by atoms with E-state index in [1.54, 1.807) is 24.1 Å². The molecule has 0 bridgehead atoms. The highest BCUT2D eigenvalue weighted by Crippen LogP contribution is 2.35. The SMILES string of the molecule is COC1CN(C(=O)c2cc3cc(NC(=O)[C@H]4[C@H](c5ccccc5)CCN4C(=O)OC(C)(C)C)ccc3[nH]2)C1. The first-order chi connectivity index (χ1) is 18.1. The smallest absolute Gasteiger partial charge is 0.410 e. The number of hydrogen-bond donors (Lipinski definition) is 2. The molecule has 2 aromatic carbocycles. The number of methoxy groups -OCH3 is 1. The molecule has 0 unspecified atom stereocenters. The average molecular weight is 519 g/mol. The summed E-state index contributed by atoms with van der Waals surface area (Å²) < 4.78 is 10.9. The van der Waals surface area contributed by atoms with Crippen molar-refractivity contribution in [3.8, 4) is 0 Å². The third-order valence-electron chi connectivity index (χ3n) is 7.11. The van der Waals surface area contributed by atoms with Gasteiger partial charge in [-0.05, 0) is 57.0 Å². The Morgan fingerprint density at radius 3 is 2.45 bits per heavy atom. The monoisotopic (exact) mass is 518 g/mol. The quantitative estimate of drug-likeness (QED) is 0.522. The molecule has 38 heavy (non-hydrogen) atoms. The van der Waals surface area contributed by atoms with E-state index >= 15 is 0 Å². The maximum Gasteiger partial charge on any atom is 0.410 e. The summed E-state index contributed by atoms with van der Waals surface area (Å²) >= 11 is 0. The molecule has 2 aliphatic heterocycles. The Morgan fingerprint density at radius 2 is 1.76 bits per heavy atom. The molecule has 2 aliphatic rings. The minimum atomic E-state index is -0.716. The summed E-state index contributed by atoms with van der Waals surface area (Å²) in [5.74, 6) is -0.513. The Labute approximate surface area is 222 Å². The lowest BCUT2D eigenvalue weighted by atomic mass is 9.91. The second-order valence-electron chi connectivity index (χ2n) is 11.0. The third-order valence-corrected chi connectivity index (χ3v) is 7.11. The van der Waals surface area contributed by atoms with Crippen LogP contribution in [0.15, 0.2) is 54.6 Å².